The largest absolute Gasteiger partial charge is 0.383 e. The molecule has 0 saturated carbocycles. The van der Waals surface area contributed by atoms with Crippen molar-refractivity contribution in [2.75, 3.05) is 12.3 Å². The van der Waals surface area contributed by atoms with E-state index in [4.69, 9.17) is 5.73 Å². The van der Waals surface area contributed by atoms with Gasteiger partial charge in [-0.3, -0.25) is 4.79 Å². The van der Waals surface area contributed by atoms with Gasteiger partial charge in [-0.2, -0.15) is 0 Å². The number of hydrogen-bond acceptors (Lipinski definition) is 4. The zero-order valence-corrected chi connectivity index (χ0v) is 16.7. The van der Waals surface area contributed by atoms with Gasteiger partial charge in [0.05, 0.1) is 11.3 Å². The number of benzene rings is 1. The van der Waals surface area contributed by atoms with Crippen molar-refractivity contribution < 1.29 is 9.18 Å². The molecule has 2 N–H and O–H groups in total. The summed E-state index contributed by atoms with van der Waals surface area (Å²) in [4.78, 5) is 23.1. The van der Waals surface area contributed by atoms with Crippen molar-refractivity contribution in [2.45, 2.75) is 25.2 Å². The number of nitrogen functional groups attached to an aromatic ring is 1. The minimum Gasteiger partial charge on any atom is -0.383 e. The molecule has 30 heavy (non-hydrogen) atoms. The van der Waals surface area contributed by atoms with E-state index in [2.05, 4.69) is 9.97 Å². The second-order valence-corrected chi connectivity index (χ2v) is 7.82. The predicted octanol–water partition coefficient (Wildman–Crippen LogP) is 3.92. The summed E-state index contributed by atoms with van der Waals surface area (Å²) in [6, 6.07) is 9.79. The fourth-order valence-corrected chi connectivity index (χ4v) is 4.58. The van der Waals surface area contributed by atoms with E-state index in [1.807, 2.05) is 48.1 Å². The van der Waals surface area contributed by atoms with Gasteiger partial charge in [-0.05, 0) is 36.5 Å². The van der Waals surface area contributed by atoms with E-state index in [1.54, 1.807) is 4.90 Å². The Kier molecular flexibility index (Phi) is 4.38. The van der Waals surface area contributed by atoms with Crippen LogP contribution in [0, 0.1) is 0 Å². The summed E-state index contributed by atoms with van der Waals surface area (Å²) in [7, 11) is 1.85. The predicted molar refractivity (Wildman–Crippen MR) is 114 cm³/mol. The van der Waals surface area contributed by atoms with Crippen LogP contribution in [0.2, 0.25) is 0 Å². The van der Waals surface area contributed by atoms with E-state index in [-0.39, 0.29) is 17.7 Å². The van der Waals surface area contributed by atoms with Crippen LogP contribution in [0.3, 0.4) is 0 Å². The number of hydrogen-bond donors (Lipinski definition) is 1. The van der Waals surface area contributed by atoms with Crippen molar-refractivity contribution in [3.05, 3.63) is 71.6 Å². The van der Waals surface area contributed by atoms with E-state index in [0.717, 1.165) is 17.7 Å². The van der Waals surface area contributed by atoms with Gasteiger partial charge in [0.1, 0.15) is 23.6 Å². The highest BCUT2D eigenvalue weighted by Gasteiger charge is 2.35. The Bertz CT molecular complexity index is 1210. The zero-order valence-electron chi connectivity index (χ0n) is 16.7. The number of fused-ring (bicyclic) bond motifs is 1. The highest BCUT2D eigenvalue weighted by molar-refractivity contribution is 5.98. The summed E-state index contributed by atoms with van der Waals surface area (Å²) >= 11 is 0. The minimum absolute atomic E-state index is 0.0477. The maximum Gasteiger partial charge on any atom is 0.234 e. The maximum absolute atomic E-state index is 15.2. The molecule has 0 bridgehead atoms. The molecule has 152 valence electrons. The van der Waals surface area contributed by atoms with E-state index in [9.17, 15) is 4.79 Å². The quantitative estimate of drug-likeness (QED) is 0.719. The van der Waals surface area contributed by atoms with E-state index < -0.39 is 0 Å². The fraction of sp³-hybridized carbons (Fsp3) is 0.261. The minimum atomic E-state index is -0.331. The van der Waals surface area contributed by atoms with Gasteiger partial charge >= 0.3 is 0 Å². The summed E-state index contributed by atoms with van der Waals surface area (Å²) in [5.41, 5.74) is 9.79. The molecule has 1 atom stereocenters. The van der Waals surface area contributed by atoms with Crippen molar-refractivity contribution in [3.8, 4) is 0 Å². The Hall–Kier alpha value is -3.48. The summed E-state index contributed by atoms with van der Waals surface area (Å²) in [6.45, 7) is 0.613. The topological polar surface area (TPSA) is 77.0 Å². The van der Waals surface area contributed by atoms with Gasteiger partial charge in [0, 0.05) is 31.0 Å². The molecule has 1 unspecified atom stereocenters. The first-order chi connectivity index (χ1) is 14.5. The Morgan fingerprint density at radius 3 is 2.73 bits per heavy atom. The maximum atomic E-state index is 15.2. The SMILES string of the molecule is Cn1cc(C2=C(F)C=C(N3CCC(c4ccccc4)C3=O)CC2)c2c(N)ncnc21. The van der Waals surface area contributed by atoms with Gasteiger partial charge < -0.3 is 15.2 Å². The molecule has 1 fully saturated rings. The summed E-state index contributed by atoms with van der Waals surface area (Å²) in [6.07, 6.45) is 6.59. The molecule has 2 aliphatic rings. The molecule has 6 nitrogen and oxygen atoms in total. The zero-order chi connectivity index (χ0) is 20.8. The van der Waals surface area contributed by atoms with Crippen LogP contribution in [0.5, 0.6) is 0 Å². The lowest BCUT2D eigenvalue weighted by atomic mass is 9.94. The van der Waals surface area contributed by atoms with Gasteiger partial charge in [0.2, 0.25) is 5.91 Å². The van der Waals surface area contributed by atoms with Crippen LogP contribution in [0.15, 0.2) is 60.5 Å². The number of anilines is 1. The molecular weight excluding hydrogens is 381 g/mol. The monoisotopic (exact) mass is 403 g/mol. The van der Waals surface area contributed by atoms with Crippen LogP contribution in [0.25, 0.3) is 16.6 Å². The molecular formula is C23H22FN5O. The van der Waals surface area contributed by atoms with Gasteiger partial charge in [-0.1, -0.05) is 30.3 Å². The lowest BCUT2D eigenvalue weighted by Crippen LogP contribution is -2.27. The first kappa shape index (κ1) is 18.5. The first-order valence-electron chi connectivity index (χ1n) is 10.1. The third-order valence-corrected chi connectivity index (χ3v) is 6.07. The number of allylic oxidation sites excluding steroid dienone is 4. The number of rotatable bonds is 3. The average molecular weight is 403 g/mol. The molecule has 5 rings (SSSR count). The molecule has 3 heterocycles. The van der Waals surface area contributed by atoms with Crippen LogP contribution >= 0.6 is 0 Å². The van der Waals surface area contributed by atoms with Crippen LogP contribution < -0.4 is 5.73 Å². The van der Waals surface area contributed by atoms with Crippen LogP contribution in [-0.4, -0.2) is 31.9 Å². The molecule has 1 saturated heterocycles. The van der Waals surface area contributed by atoms with Crippen molar-refractivity contribution >= 4 is 28.3 Å². The van der Waals surface area contributed by atoms with Crippen molar-refractivity contribution in [1.82, 2.24) is 19.4 Å². The van der Waals surface area contributed by atoms with E-state index in [1.165, 1.54) is 12.4 Å². The molecule has 3 aromatic rings. The Morgan fingerprint density at radius 1 is 1.17 bits per heavy atom. The lowest BCUT2D eigenvalue weighted by molar-refractivity contribution is -0.127. The lowest BCUT2D eigenvalue weighted by Gasteiger charge is -2.24. The number of nitrogens with zero attached hydrogens (tertiary/aromatic N) is 4. The van der Waals surface area contributed by atoms with Crippen LogP contribution in [0.1, 0.15) is 36.3 Å². The summed E-state index contributed by atoms with van der Waals surface area (Å²) < 4.78 is 17.1. The fourth-order valence-electron chi connectivity index (χ4n) is 4.58. The molecule has 1 aromatic carbocycles. The standard InChI is InChI=1S/C23H22FN5O/c1-28-12-18(20-21(25)26-13-27-22(20)28)17-8-7-15(11-19(17)24)29-10-9-16(23(29)30)14-5-3-2-4-6-14/h2-6,11-13,16H,7-10H2,1H3,(H2,25,26,27). The molecule has 7 heteroatoms. The van der Waals surface area contributed by atoms with Crippen molar-refractivity contribution in [2.24, 2.45) is 7.05 Å². The molecule has 0 radical (unpaired) electrons. The van der Waals surface area contributed by atoms with E-state index in [0.29, 0.717) is 47.4 Å². The molecule has 1 aliphatic heterocycles. The number of halogens is 1. The van der Waals surface area contributed by atoms with Crippen LogP contribution in [-0.2, 0) is 11.8 Å². The van der Waals surface area contributed by atoms with Gasteiger partial charge in [-0.25, -0.2) is 14.4 Å². The second-order valence-electron chi connectivity index (χ2n) is 7.82. The Labute approximate surface area is 173 Å². The molecule has 0 spiro atoms. The normalized spacial score (nSPS) is 19.7. The number of nitrogens with two attached hydrogens (primary N) is 1. The second kappa shape index (κ2) is 7.09. The highest BCUT2D eigenvalue weighted by Crippen LogP contribution is 2.40. The number of amides is 1. The molecule has 2 aromatic heterocycles. The number of aromatic nitrogens is 3. The summed E-state index contributed by atoms with van der Waals surface area (Å²) in [5, 5.41) is 0.670. The van der Waals surface area contributed by atoms with Gasteiger partial charge in [0.15, 0.2) is 0 Å². The summed E-state index contributed by atoms with van der Waals surface area (Å²) in [5.74, 6) is -0.101. The first-order valence-corrected chi connectivity index (χ1v) is 10.1. The third kappa shape index (κ3) is 2.89. The average Bonchev–Trinajstić information content (AvgIpc) is 3.30. The van der Waals surface area contributed by atoms with Gasteiger partial charge in [-0.15, -0.1) is 0 Å². The molecule has 1 amide bonds. The van der Waals surface area contributed by atoms with Crippen molar-refractivity contribution in [1.29, 1.82) is 0 Å². The van der Waals surface area contributed by atoms with Crippen molar-refractivity contribution in [3.63, 3.8) is 0 Å². The molecule has 1 aliphatic carbocycles. The van der Waals surface area contributed by atoms with Crippen LogP contribution in [0.4, 0.5) is 10.2 Å². The van der Waals surface area contributed by atoms with Gasteiger partial charge in [0.25, 0.3) is 0 Å². The number of likely N-dealkylation sites (tertiary alicyclic amines) is 1. The third-order valence-electron chi connectivity index (χ3n) is 6.07. The van der Waals surface area contributed by atoms with E-state index >= 15 is 4.39 Å². The number of carbonyl (C=O) groups excluding carboxylic acids is 1. The highest BCUT2D eigenvalue weighted by atomic mass is 19.1. The number of carbonyl (C=O) groups is 1. The Morgan fingerprint density at radius 2 is 1.97 bits per heavy atom. The number of aryl methyl sites for hydroxylation is 1. The smallest absolute Gasteiger partial charge is 0.234 e. The Balaban J connectivity index is 1.48.